The van der Waals surface area contributed by atoms with Gasteiger partial charge in [-0.3, -0.25) is 4.79 Å². The molecule has 0 fully saturated rings. The van der Waals surface area contributed by atoms with Gasteiger partial charge in [0.2, 0.25) is 0 Å². The van der Waals surface area contributed by atoms with E-state index in [0.717, 1.165) is 12.1 Å². The predicted molar refractivity (Wildman–Crippen MR) is 93.8 cm³/mol. The molecular formula is C15H12F4INO2S. The minimum atomic E-state index is -2.84. The van der Waals surface area contributed by atoms with Gasteiger partial charge in [0, 0.05) is 12.1 Å². The molecule has 0 aliphatic heterocycles. The molecule has 0 spiro atoms. The van der Waals surface area contributed by atoms with Gasteiger partial charge in [0.15, 0.2) is 0 Å². The Hall–Kier alpha value is -1.23. The molecule has 130 valence electrons. The number of rotatable bonds is 6. The molecule has 1 aromatic heterocycles. The smallest absolute Gasteiger partial charge is 0.264 e. The fourth-order valence-corrected chi connectivity index (χ4v) is 2.82. The second kappa shape index (κ2) is 8.24. The number of nitrogens with zero attached hydrogens (tertiary/aromatic N) is 1. The molecular weight excluding hydrogens is 461 g/mol. The van der Waals surface area contributed by atoms with E-state index in [9.17, 15) is 22.4 Å². The summed E-state index contributed by atoms with van der Waals surface area (Å²) in [5.74, 6) is -1.79. The van der Waals surface area contributed by atoms with Gasteiger partial charge in [0.1, 0.15) is 23.3 Å². The molecule has 0 atom stereocenters. The molecule has 1 heterocycles. The third-order valence-corrected chi connectivity index (χ3v) is 4.24. The molecule has 0 bridgehead atoms. The lowest BCUT2D eigenvalue weighted by Gasteiger charge is -2.15. The van der Waals surface area contributed by atoms with E-state index in [-0.39, 0.29) is 21.0 Å². The Bertz CT molecular complexity index is 775. The largest absolute Gasteiger partial charge is 0.483 e. The van der Waals surface area contributed by atoms with Crippen molar-refractivity contribution >= 4 is 34.4 Å². The quantitative estimate of drug-likeness (QED) is 0.355. The Balaban J connectivity index is 2.60. The molecule has 2 rings (SSSR count). The Morgan fingerprint density at radius 3 is 2.42 bits per heavy atom. The molecule has 0 saturated carbocycles. The standard InChI is InChI=1S/C15H12F4INO2S/c1-24-7-23-8-4-9(16)14(10(17)5-8)12-3-2-11(20)15(22)21(12)6-13(18)19/h2-5,13H,6-7H2,1H3. The van der Waals surface area contributed by atoms with Crippen LogP contribution in [0.3, 0.4) is 0 Å². The van der Waals surface area contributed by atoms with Gasteiger partial charge in [-0.1, -0.05) is 0 Å². The van der Waals surface area contributed by atoms with E-state index in [0.29, 0.717) is 4.57 Å². The van der Waals surface area contributed by atoms with Gasteiger partial charge in [0.05, 0.1) is 21.4 Å². The maximum atomic E-state index is 14.3. The van der Waals surface area contributed by atoms with Crippen LogP contribution in [-0.2, 0) is 6.54 Å². The van der Waals surface area contributed by atoms with Crippen molar-refractivity contribution in [3.05, 3.63) is 49.8 Å². The zero-order valence-electron chi connectivity index (χ0n) is 12.4. The highest BCUT2D eigenvalue weighted by Gasteiger charge is 2.20. The van der Waals surface area contributed by atoms with E-state index >= 15 is 0 Å². The number of ether oxygens (including phenoxy) is 1. The van der Waals surface area contributed by atoms with Gasteiger partial charge in [-0.15, -0.1) is 11.8 Å². The van der Waals surface area contributed by atoms with E-state index in [4.69, 9.17) is 4.74 Å². The van der Waals surface area contributed by atoms with E-state index in [1.165, 1.54) is 23.9 Å². The summed E-state index contributed by atoms with van der Waals surface area (Å²) < 4.78 is 60.2. The van der Waals surface area contributed by atoms with Crippen molar-refractivity contribution in [2.75, 3.05) is 12.2 Å². The third kappa shape index (κ3) is 4.24. The maximum Gasteiger partial charge on any atom is 0.264 e. The number of alkyl halides is 2. The highest BCUT2D eigenvalue weighted by atomic mass is 127. The summed E-state index contributed by atoms with van der Waals surface area (Å²) >= 11 is 3.01. The molecule has 0 radical (unpaired) electrons. The lowest BCUT2D eigenvalue weighted by atomic mass is 10.1. The van der Waals surface area contributed by atoms with Crippen molar-refractivity contribution in [1.82, 2.24) is 4.57 Å². The third-order valence-electron chi connectivity index (χ3n) is 3.06. The summed E-state index contributed by atoms with van der Waals surface area (Å²) in [4.78, 5) is 12.1. The van der Waals surface area contributed by atoms with Gasteiger partial charge in [-0.2, -0.15) is 0 Å². The first-order chi connectivity index (χ1) is 11.3. The molecule has 0 aliphatic carbocycles. The van der Waals surface area contributed by atoms with Crippen LogP contribution < -0.4 is 10.3 Å². The molecule has 1 aromatic carbocycles. The van der Waals surface area contributed by atoms with Crippen molar-refractivity contribution < 1.29 is 22.3 Å². The fourth-order valence-electron chi connectivity index (χ4n) is 2.09. The number of hydrogen-bond acceptors (Lipinski definition) is 3. The monoisotopic (exact) mass is 473 g/mol. The Labute approximate surface area is 153 Å². The SMILES string of the molecule is CSCOc1cc(F)c(-c2ccc(I)c(=O)n2CC(F)F)c(F)c1. The van der Waals surface area contributed by atoms with Gasteiger partial charge in [0.25, 0.3) is 12.0 Å². The van der Waals surface area contributed by atoms with E-state index in [2.05, 4.69) is 0 Å². The second-order valence-corrected chi connectivity index (χ2v) is 6.66. The highest BCUT2D eigenvalue weighted by Crippen LogP contribution is 2.30. The van der Waals surface area contributed by atoms with Crippen molar-refractivity contribution in [3.8, 4) is 17.0 Å². The number of aromatic nitrogens is 1. The Morgan fingerprint density at radius 1 is 1.25 bits per heavy atom. The topological polar surface area (TPSA) is 31.2 Å². The lowest BCUT2D eigenvalue weighted by molar-refractivity contribution is 0.125. The highest BCUT2D eigenvalue weighted by molar-refractivity contribution is 14.1. The number of benzene rings is 1. The number of pyridine rings is 1. The van der Waals surface area contributed by atoms with Crippen LogP contribution in [0.1, 0.15) is 0 Å². The van der Waals surface area contributed by atoms with Crippen molar-refractivity contribution in [2.45, 2.75) is 13.0 Å². The van der Waals surface area contributed by atoms with E-state index in [1.54, 1.807) is 28.8 Å². The van der Waals surface area contributed by atoms with E-state index in [1.807, 2.05) is 0 Å². The van der Waals surface area contributed by atoms with Gasteiger partial charge in [-0.05, 0) is 41.0 Å². The molecule has 0 saturated heterocycles. The summed E-state index contributed by atoms with van der Waals surface area (Å²) in [7, 11) is 0. The first-order valence-corrected chi connectivity index (χ1v) is 9.11. The number of hydrogen-bond donors (Lipinski definition) is 0. The summed E-state index contributed by atoms with van der Waals surface area (Å²) in [5.41, 5.74) is -1.51. The van der Waals surface area contributed by atoms with Crippen LogP contribution in [0.4, 0.5) is 17.6 Å². The summed E-state index contributed by atoms with van der Waals surface area (Å²) in [6.45, 7) is -0.950. The maximum absolute atomic E-state index is 14.3. The summed E-state index contributed by atoms with van der Waals surface area (Å²) in [6, 6.07) is 4.50. The summed E-state index contributed by atoms with van der Waals surface area (Å²) in [6.07, 6.45) is -1.08. The van der Waals surface area contributed by atoms with Crippen LogP contribution in [0.2, 0.25) is 0 Å². The zero-order chi connectivity index (χ0) is 17.9. The second-order valence-electron chi connectivity index (χ2n) is 4.69. The molecule has 0 N–H and O–H groups in total. The zero-order valence-corrected chi connectivity index (χ0v) is 15.3. The van der Waals surface area contributed by atoms with Crippen molar-refractivity contribution in [1.29, 1.82) is 0 Å². The van der Waals surface area contributed by atoms with Gasteiger partial charge < -0.3 is 9.30 Å². The average molecular weight is 473 g/mol. The van der Waals surface area contributed by atoms with Crippen LogP contribution in [-0.4, -0.2) is 23.2 Å². The summed E-state index contributed by atoms with van der Waals surface area (Å²) in [5, 5.41) is 0. The molecule has 3 nitrogen and oxygen atoms in total. The van der Waals surface area contributed by atoms with Crippen LogP contribution in [0.5, 0.6) is 5.75 Å². The van der Waals surface area contributed by atoms with Crippen LogP contribution in [0.15, 0.2) is 29.1 Å². The number of halogens is 5. The average Bonchev–Trinajstić information content (AvgIpc) is 2.51. The Morgan fingerprint density at radius 2 is 1.88 bits per heavy atom. The first-order valence-electron chi connectivity index (χ1n) is 6.63. The van der Waals surface area contributed by atoms with Crippen LogP contribution in [0.25, 0.3) is 11.3 Å². The molecule has 9 heteroatoms. The first kappa shape index (κ1) is 19.1. The lowest BCUT2D eigenvalue weighted by Crippen LogP contribution is -2.27. The molecule has 24 heavy (non-hydrogen) atoms. The van der Waals surface area contributed by atoms with Crippen molar-refractivity contribution in [2.24, 2.45) is 0 Å². The molecule has 0 aliphatic rings. The molecule has 0 amide bonds. The minimum absolute atomic E-state index is 0.0173. The van der Waals surface area contributed by atoms with Crippen molar-refractivity contribution in [3.63, 3.8) is 0 Å². The van der Waals surface area contributed by atoms with Gasteiger partial charge >= 0.3 is 0 Å². The fraction of sp³-hybridized carbons (Fsp3) is 0.267. The molecule has 2 aromatic rings. The van der Waals surface area contributed by atoms with Gasteiger partial charge in [-0.25, -0.2) is 17.6 Å². The number of thioether (sulfide) groups is 1. The Kier molecular flexibility index (Phi) is 6.55. The molecule has 0 unspecified atom stereocenters. The van der Waals surface area contributed by atoms with E-state index < -0.39 is 35.7 Å². The predicted octanol–water partition coefficient (Wildman–Crippen LogP) is 4.36. The minimum Gasteiger partial charge on any atom is -0.483 e. The van der Waals surface area contributed by atoms with Crippen LogP contribution >= 0.6 is 34.4 Å². The van der Waals surface area contributed by atoms with Crippen LogP contribution in [0, 0.1) is 15.2 Å². The normalized spacial score (nSPS) is 11.1.